The summed E-state index contributed by atoms with van der Waals surface area (Å²) in [4.78, 5) is 16.5. The molecule has 0 bridgehead atoms. The predicted molar refractivity (Wildman–Crippen MR) is 82.1 cm³/mol. The van der Waals surface area contributed by atoms with E-state index < -0.39 is 0 Å². The maximum Gasteiger partial charge on any atom is 0.287 e. The fourth-order valence-electron chi connectivity index (χ4n) is 2.08. The maximum atomic E-state index is 12.3. The van der Waals surface area contributed by atoms with Gasteiger partial charge >= 0.3 is 0 Å². The van der Waals surface area contributed by atoms with Crippen LogP contribution in [-0.2, 0) is 12.3 Å². The van der Waals surface area contributed by atoms with E-state index in [2.05, 4.69) is 15.4 Å². The Morgan fingerprint density at radius 2 is 2.29 bits per heavy atom. The lowest BCUT2D eigenvalue weighted by Gasteiger charge is -2.16. The van der Waals surface area contributed by atoms with Crippen LogP contribution in [0.4, 0.5) is 0 Å². The van der Waals surface area contributed by atoms with Crippen LogP contribution >= 0.6 is 11.8 Å². The van der Waals surface area contributed by atoms with Crippen molar-refractivity contribution in [3.8, 4) is 0 Å². The highest BCUT2D eigenvalue weighted by Gasteiger charge is 2.20. The molecule has 1 unspecified atom stereocenters. The lowest BCUT2D eigenvalue weighted by atomic mass is 10.2. The minimum Gasteiger partial charge on any atom is -0.455 e. The molecule has 2 aromatic rings. The Morgan fingerprint density at radius 3 is 2.95 bits per heavy atom. The number of thioether (sulfide) groups is 1. The molecule has 2 heterocycles. The van der Waals surface area contributed by atoms with Gasteiger partial charge in [-0.1, -0.05) is 6.92 Å². The molecule has 7 heteroatoms. The van der Waals surface area contributed by atoms with E-state index in [1.807, 2.05) is 26.2 Å². The quantitative estimate of drug-likeness (QED) is 0.851. The van der Waals surface area contributed by atoms with Crippen LogP contribution in [0.25, 0.3) is 0 Å². The van der Waals surface area contributed by atoms with E-state index in [4.69, 9.17) is 4.42 Å². The van der Waals surface area contributed by atoms with E-state index >= 15 is 0 Å². The molecule has 0 aliphatic heterocycles. The number of carbonyl (C=O) groups is 1. The summed E-state index contributed by atoms with van der Waals surface area (Å²) in [6.07, 6.45) is 4.24. The topological polar surface area (TPSA) is 73.0 Å². The number of furan rings is 1. The van der Waals surface area contributed by atoms with Crippen molar-refractivity contribution in [1.82, 2.24) is 20.1 Å². The molecule has 114 valence electrons. The zero-order valence-electron chi connectivity index (χ0n) is 12.5. The molecule has 2 aromatic heterocycles. The molecular formula is C14H20N4O2S. The van der Waals surface area contributed by atoms with Gasteiger partial charge in [0.25, 0.3) is 5.91 Å². The number of nitrogens with zero attached hydrogens (tertiary/aromatic N) is 3. The first-order chi connectivity index (χ1) is 10.2. The molecule has 0 spiro atoms. The third-order valence-corrected chi connectivity index (χ3v) is 3.72. The molecule has 21 heavy (non-hydrogen) atoms. The highest BCUT2D eigenvalue weighted by atomic mass is 32.2. The number of hydrogen-bond donors (Lipinski definition) is 1. The monoisotopic (exact) mass is 308 g/mol. The third kappa shape index (κ3) is 3.66. The Bertz CT molecular complexity index is 593. The SMILES string of the molecule is CCC(NC(=O)c1ccc(CSC)o1)c1ncnn1CC. The van der Waals surface area contributed by atoms with E-state index in [9.17, 15) is 4.79 Å². The molecule has 0 saturated carbocycles. The van der Waals surface area contributed by atoms with Crippen LogP contribution < -0.4 is 5.32 Å². The summed E-state index contributed by atoms with van der Waals surface area (Å²) in [5.41, 5.74) is 0. The number of nitrogens with one attached hydrogen (secondary N) is 1. The van der Waals surface area contributed by atoms with Gasteiger partial charge in [0.2, 0.25) is 0 Å². The fourth-order valence-corrected chi connectivity index (χ4v) is 2.52. The summed E-state index contributed by atoms with van der Waals surface area (Å²) in [6, 6.07) is 3.37. The molecule has 6 nitrogen and oxygen atoms in total. The summed E-state index contributed by atoms with van der Waals surface area (Å²) in [5.74, 6) is 2.44. The van der Waals surface area contributed by atoms with E-state index in [1.165, 1.54) is 6.33 Å². The summed E-state index contributed by atoms with van der Waals surface area (Å²) >= 11 is 1.65. The van der Waals surface area contributed by atoms with E-state index in [0.717, 1.165) is 30.3 Å². The summed E-state index contributed by atoms with van der Waals surface area (Å²) in [5, 5.41) is 7.09. The molecule has 0 aromatic carbocycles. The second-order valence-corrected chi connectivity index (χ2v) is 5.43. The molecule has 0 aliphatic carbocycles. The van der Waals surface area contributed by atoms with Gasteiger partial charge in [0.15, 0.2) is 5.76 Å². The molecule has 1 atom stereocenters. The molecule has 0 fully saturated rings. The number of amides is 1. The van der Waals surface area contributed by atoms with Gasteiger partial charge in [0.1, 0.15) is 17.9 Å². The maximum absolute atomic E-state index is 12.3. The first-order valence-electron chi connectivity index (χ1n) is 6.95. The molecule has 1 N–H and O–H groups in total. The highest BCUT2D eigenvalue weighted by molar-refractivity contribution is 7.97. The van der Waals surface area contributed by atoms with Crippen LogP contribution in [0.2, 0.25) is 0 Å². The van der Waals surface area contributed by atoms with Crippen LogP contribution in [0.1, 0.15) is 48.4 Å². The molecular weight excluding hydrogens is 288 g/mol. The average molecular weight is 308 g/mol. The normalized spacial score (nSPS) is 12.3. The Balaban J connectivity index is 2.08. The Hall–Kier alpha value is -1.76. The third-order valence-electron chi connectivity index (χ3n) is 3.14. The molecule has 0 radical (unpaired) electrons. The standard InChI is InChI=1S/C14H20N4O2S/c1-4-11(13-15-9-16-18(13)5-2)17-14(19)12-7-6-10(20-12)8-21-3/h6-7,9,11H,4-5,8H2,1-3H3,(H,17,19). The van der Waals surface area contributed by atoms with Crippen LogP contribution in [-0.4, -0.2) is 26.9 Å². The summed E-state index contributed by atoms with van der Waals surface area (Å²) < 4.78 is 7.32. The number of aromatic nitrogens is 3. The van der Waals surface area contributed by atoms with Crippen molar-refractivity contribution in [3.63, 3.8) is 0 Å². The van der Waals surface area contributed by atoms with Gasteiger partial charge in [0, 0.05) is 6.54 Å². The van der Waals surface area contributed by atoms with Crippen LogP contribution in [0, 0.1) is 0 Å². The molecule has 0 saturated heterocycles. The van der Waals surface area contributed by atoms with Crippen molar-refractivity contribution >= 4 is 17.7 Å². The molecule has 2 rings (SSSR count). The first kappa shape index (κ1) is 15.6. The lowest BCUT2D eigenvalue weighted by molar-refractivity contribution is 0.0903. The van der Waals surface area contributed by atoms with E-state index in [-0.39, 0.29) is 11.9 Å². The van der Waals surface area contributed by atoms with Crippen LogP contribution in [0.15, 0.2) is 22.9 Å². The smallest absolute Gasteiger partial charge is 0.287 e. The largest absolute Gasteiger partial charge is 0.455 e. The Morgan fingerprint density at radius 1 is 1.48 bits per heavy atom. The minimum atomic E-state index is -0.222. The van der Waals surface area contributed by atoms with E-state index in [0.29, 0.717) is 5.76 Å². The molecule has 0 aliphatic rings. The number of rotatable bonds is 7. The minimum absolute atomic E-state index is 0.172. The van der Waals surface area contributed by atoms with Crippen molar-refractivity contribution in [3.05, 3.63) is 35.8 Å². The summed E-state index contributed by atoms with van der Waals surface area (Å²) in [6.45, 7) is 4.72. The van der Waals surface area contributed by atoms with Crippen molar-refractivity contribution in [2.45, 2.75) is 38.6 Å². The highest BCUT2D eigenvalue weighted by Crippen LogP contribution is 2.17. The van der Waals surface area contributed by atoms with Gasteiger partial charge in [0.05, 0.1) is 11.8 Å². The van der Waals surface area contributed by atoms with Crippen LogP contribution in [0.3, 0.4) is 0 Å². The Labute approximate surface area is 128 Å². The fraction of sp³-hybridized carbons (Fsp3) is 0.500. The zero-order valence-corrected chi connectivity index (χ0v) is 13.3. The van der Waals surface area contributed by atoms with Crippen molar-refractivity contribution in [2.75, 3.05) is 6.26 Å². The number of hydrogen-bond acceptors (Lipinski definition) is 5. The second kappa shape index (κ2) is 7.31. The van der Waals surface area contributed by atoms with Gasteiger partial charge < -0.3 is 9.73 Å². The lowest BCUT2D eigenvalue weighted by Crippen LogP contribution is -2.30. The number of aryl methyl sites for hydroxylation is 1. The van der Waals surface area contributed by atoms with Crippen molar-refractivity contribution in [1.29, 1.82) is 0 Å². The predicted octanol–water partition coefficient (Wildman–Crippen LogP) is 2.64. The van der Waals surface area contributed by atoms with Gasteiger partial charge in [-0.25, -0.2) is 9.67 Å². The Kier molecular flexibility index (Phi) is 5.44. The number of carbonyl (C=O) groups excluding carboxylic acids is 1. The zero-order chi connectivity index (χ0) is 15.2. The summed E-state index contributed by atoms with van der Waals surface area (Å²) in [7, 11) is 0. The second-order valence-electron chi connectivity index (χ2n) is 4.57. The molecule has 1 amide bonds. The van der Waals surface area contributed by atoms with Gasteiger partial charge in [-0.05, 0) is 31.7 Å². The van der Waals surface area contributed by atoms with Gasteiger partial charge in [-0.3, -0.25) is 4.79 Å². The van der Waals surface area contributed by atoms with E-state index in [1.54, 1.807) is 22.5 Å². The van der Waals surface area contributed by atoms with Gasteiger partial charge in [-0.2, -0.15) is 16.9 Å². The van der Waals surface area contributed by atoms with Crippen molar-refractivity contribution in [2.24, 2.45) is 0 Å². The van der Waals surface area contributed by atoms with Crippen molar-refractivity contribution < 1.29 is 9.21 Å². The van der Waals surface area contributed by atoms with Crippen LogP contribution in [0.5, 0.6) is 0 Å². The van der Waals surface area contributed by atoms with Gasteiger partial charge in [-0.15, -0.1) is 0 Å². The first-order valence-corrected chi connectivity index (χ1v) is 8.35. The average Bonchev–Trinajstić information content (AvgIpc) is 3.13.